The van der Waals surface area contributed by atoms with Gasteiger partial charge in [-0.25, -0.2) is 4.79 Å². The van der Waals surface area contributed by atoms with E-state index in [1.165, 1.54) is 4.57 Å². The van der Waals surface area contributed by atoms with Gasteiger partial charge in [-0.2, -0.15) is 0 Å². The molecule has 2 aromatic carbocycles. The Bertz CT molecular complexity index is 841. The lowest BCUT2D eigenvalue weighted by atomic mass is 10.2. The predicted molar refractivity (Wildman–Crippen MR) is 91.0 cm³/mol. The van der Waals surface area contributed by atoms with Gasteiger partial charge in [0.15, 0.2) is 0 Å². The highest BCUT2D eigenvalue weighted by Gasteiger charge is 2.12. The molecule has 0 saturated heterocycles. The Balaban J connectivity index is 2.03. The largest absolute Gasteiger partial charge is 0.383 e. The molecule has 6 nitrogen and oxygen atoms in total. The Hall–Kier alpha value is -3.28. The highest BCUT2D eigenvalue weighted by Crippen LogP contribution is 2.18. The van der Waals surface area contributed by atoms with Gasteiger partial charge in [-0.15, -0.1) is 0 Å². The van der Waals surface area contributed by atoms with Gasteiger partial charge in [0.25, 0.3) is 5.56 Å². The van der Waals surface area contributed by atoms with E-state index in [2.05, 4.69) is 10.3 Å². The van der Waals surface area contributed by atoms with E-state index in [9.17, 15) is 9.59 Å². The number of H-pyrrole nitrogens is 1. The lowest BCUT2D eigenvalue weighted by Gasteiger charge is -2.14. The molecule has 116 valence electrons. The SMILES string of the molecule is Nc1c(Nc2ccccc2)c(=O)[nH]c(=O)n1Cc1ccccc1. The number of rotatable bonds is 4. The molecule has 0 fully saturated rings. The molecule has 1 heterocycles. The second kappa shape index (κ2) is 6.23. The van der Waals surface area contributed by atoms with E-state index >= 15 is 0 Å². The zero-order chi connectivity index (χ0) is 16.2. The number of hydrogen-bond acceptors (Lipinski definition) is 4. The summed E-state index contributed by atoms with van der Waals surface area (Å²) >= 11 is 0. The van der Waals surface area contributed by atoms with Crippen LogP contribution < -0.4 is 22.3 Å². The van der Waals surface area contributed by atoms with Gasteiger partial charge in [-0.1, -0.05) is 48.5 Å². The summed E-state index contributed by atoms with van der Waals surface area (Å²) in [5, 5.41) is 2.97. The van der Waals surface area contributed by atoms with Crippen molar-refractivity contribution in [3.8, 4) is 0 Å². The molecular weight excluding hydrogens is 292 g/mol. The minimum Gasteiger partial charge on any atom is -0.383 e. The fourth-order valence-electron chi connectivity index (χ4n) is 2.30. The van der Waals surface area contributed by atoms with Crippen LogP contribution >= 0.6 is 0 Å². The van der Waals surface area contributed by atoms with Gasteiger partial charge in [-0.05, 0) is 17.7 Å². The highest BCUT2D eigenvalue weighted by molar-refractivity contribution is 5.68. The van der Waals surface area contributed by atoms with Crippen LogP contribution in [0.3, 0.4) is 0 Å². The summed E-state index contributed by atoms with van der Waals surface area (Å²) in [4.78, 5) is 26.4. The number of aromatic amines is 1. The van der Waals surface area contributed by atoms with Crippen molar-refractivity contribution in [2.45, 2.75) is 6.54 Å². The molecular formula is C17H16N4O2. The molecule has 1 aromatic heterocycles. The van der Waals surface area contributed by atoms with Crippen LogP contribution in [-0.2, 0) is 6.54 Å². The van der Waals surface area contributed by atoms with Gasteiger partial charge in [0.05, 0.1) is 6.54 Å². The van der Waals surface area contributed by atoms with Crippen LogP contribution in [0.1, 0.15) is 5.56 Å². The lowest BCUT2D eigenvalue weighted by Crippen LogP contribution is -2.33. The van der Waals surface area contributed by atoms with Crippen LogP contribution in [0.4, 0.5) is 17.2 Å². The van der Waals surface area contributed by atoms with Crippen LogP contribution in [0.25, 0.3) is 0 Å². The second-order valence-corrected chi connectivity index (χ2v) is 5.08. The average molecular weight is 308 g/mol. The first-order chi connectivity index (χ1) is 11.1. The molecule has 0 bridgehead atoms. The summed E-state index contributed by atoms with van der Waals surface area (Å²) in [5.41, 5.74) is 6.78. The fourth-order valence-corrected chi connectivity index (χ4v) is 2.30. The Morgan fingerprint density at radius 1 is 0.957 bits per heavy atom. The van der Waals surface area contributed by atoms with Gasteiger partial charge in [0, 0.05) is 5.69 Å². The van der Waals surface area contributed by atoms with Crippen molar-refractivity contribution >= 4 is 17.2 Å². The van der Waals surface area contributed by atoms with E-state index in [0.29, 0.717) is 0 Å². The molecule has 0 radical (unpaired) electrons. The van der Waals surface area contributed by atoms with Crippen molar-refractivity contribution in [2.75, 3.05) is 11.1 Å². The monoisotopic (exact) mass is 308 g/mol. The number of nitrogens with two attached hydrogens (primary N) is 1. The van der Waals surface area contributed by atoms with Gasteiger partial charge in [0.1, 0.15) is 11.5 Å². The molecule has 0 atom stereocenters. The Labute approximate surface area is 132 Å². The van der Waals surface area contributed by atoms with Gasteiger partial charge < -0.3 is 11.1 Å². The Morgan fingerprint density at radius 3 is 2.22 bits per heavy atom. The van der Waals surface area contributed by atoms with E-state index in [1.54, 1.807) is 0 Å². The normalized spacial score (nSPS) is 10.4. The summed E-state index contributed by atoms with van der Waals surface area (Å²) in [6.07, 6.45) is 0. The molecule has 0 unspecified atom stereocenters. The first-order valence-electron chi connectivity index (χ1n) is 7.14. The molecule has 0 spiro atoms. The minimum absolute atomic E-state index is 0.103. The lowest BCUT2D eigenvalue weighted by molar-refractivity contribution is 0.735. The van der Waals surface area contributed by atoms with E-state index in [-0.39, 0.29) is 18.1 Å². The third-order valence-electron chi connectivity index (χ3n) is 3.47. The highest BCUT2D eigenvalue weighted by atomic mass is 16.2. The predicted octanol–water partition coefficient (Wildman–Crippen LogP) is 1.91. The van der Waals surface area contributed by atoms with E-state index in [4.69, 9.17) is 5.73 Å². The topological polar surface area (TPSA) is 92.9 Å². The average Bonchev–Trinajstić information content (AvgIpc) is 2.57. The number of nitrogens with zero attached hydrogens (tertiary/aromatic N) is 1. The van der Waals surface area contributed by atoms with E-state index < -0.39 is 11.2 Å². The number of nitrogen functional groups attached to an aromatic ring is 1. The van der Waals surface area contributed by atoms with Crippen molar-refractivity contribution in [3.05, 3.63) is 87.1 Å². The standard InChI is InChI=1S/C17H16N4O2/c18-15-14(19-13-9-5-2-6-10-13)16(22)20-17(23)21(15)11-12-7-3-1-4-8-12/h1-10,19H,11,18H2,(H,20,22,23). The van der Waals surface area contributed by atoms with Crippen molar-refractivity contribution in [1.82, 2.24) is 9.55 Å². The van der Waals surface area contributed by atoms with E-state index in [1.807, 2.05) is 60.7 Å². The van der Waals surface area contributed by atoms with E-state index in [0.717, 1.165) is 11.3 Å². The maximum Gasteiger partial charge on any atom is 0.330 e. The molecule has 4 N–H and O–H groups in total. The summed E-state index contributed by atoms with van der Waals surface area (Å²) in [7, 11) is 0. The number of benzene rings is 2. The summed E-state index contributed by atoms with van der Waals surface area (Å²) in [5.74, 6) is 0.103. The van der Waals surface area contributed by atoms with Gasteiger partial charge in [0.2, 0.25) is 0 Å². The fraction of sp³-hybridized carbons (Fsp3) is 0.0588. The third kappa shape index (κ3) is 3.16. The summed E-state index contributed by atoms with van der Waals surface area (Å²) in [6.45, 7) is 0.283. The van der Waals surface area contributed by atoms with Gasteiger partial charge >= 0.3 is 5.69 Å². The maximum atomic E-state index is 12.1. The van der Waals surface area contributed by atoms with Crippen molar-refractivity contribution in [3.63, 3.8) is 0 Å². The molecule has 6 heteroatoms. The molecule has 0 aliphatic carbocycles. The second-order valence-electron chi connectivity index (χ2n) is 5.08. The molecule has 0 aliphatic heterocycles. The number of anilines is 3. The number of aromatic nitrogens is 2. The van der Waals surface area contributed by atoms with Crippen molar-refractivity contribution < 1.29 is 0 Å². The zero-order valence-corrected chi connectivity index (χ0v) is 12.3. The molecule has 0 saturated carbocycles. The molecule has 3 rings (SSSR count). The number of nitrogens with one attached hydrogen (secondary N) is 2. The molecule has 23 heavy (non-hydrogen) atoms. The van der Waals surface area contributed by atoms with Crippen LogP contribution in [0.15, 0.2) is 70.3 Å². The van der Waals surface area contributed by atoms with Crippen LogP contribution in [-0.4, -0.2) is 9.55 Å². The first kappa shape index (κ1) is 14.6. The summed E-state index contributed by atoms with van der Waals surface area (Å²) < 4.78 is 1.34. The molecule has 3 aromatic rings. The minimum atomic E-state index is -0.541. The number of para-hydroxylation sites is 1. The van der Waals surface area contributed by atoms with Crippen LogP contribution in [0, 0.1) is 0 Å². The zero-order valence-electron chi connectivity index (χ0n) is 12.3. The smallest absolute Gasteiger partial charge is 0.330 e. The molecule has 0 aliphatic rings. The van der Waals surface area contributed by atoms with Gasteiger partial charge in [-0.3, -0.25) is 14.3 Å². The summed E-state index contributed by atoms with van der Waals surface area (Å²) in [6, 6.07) is 18.6. The Kier molecular flexibility index (Phi) is 3.97. The van der Waals surface area contributed by atoms with Crippen LogP contribution in [0.5, 0.6) is 0 Å². The van der Waals surface area contributed by atoms with Crippen molar-refractivity contribution in [1.29, 1.82) is 0 Å². The quantitative estimate of drug-likeness (QED) is 0.686. The number of hydrogen-bond donors (Lipinski definition) is 3. The Morgan fingerprint density at radius 2 is 1.57 bits per heavy atom. The maximum absolute atomic E-state index is 12.1. The molecule has 0 amide bonds. The van der Waals surface area contributed by atoms with Crippen LogP contribution in [0.2, 0.25) is 0 Å². The third-order valence-corrected chi connectivity index (χ3v) is 3.47. The van der Waals surface area contributed by atoms with Crippen molar-refractivity contribution in [2.24, 2.45) is 0 Å². The first-order valence-corrected chi connectivity index (χ1v) is 7.14.